The third-order valence-corrected chi connectivity index (χ3v) is 6.73. The summed E-state index contributed by atoms with van der Waals surface area (Å²) in [5.74, 6) is 0.498. The Morgan fingerprint density at radius 1 is 1.22 bits per heavy atom. The molecule has 0 bridgehead atoms. The SMILES string of the molecule is [C-]#[N+]c1ccc(N2C(=N)C3(CCC3)N(N3CCN(C(=O)OC(C)(C)C)CC3)C2=S)cc1C. The summed E-state index contributed by atoms with van der Waals surface area (Å²) < 4.78 is 5.52. The number of thiocarbonyl (C=S) groups is 1. The summed E-state index contributed by atoms with van der Waals surface area (Å²) in [6.45, 7) is 17.2. The molecule has 8 nitrogen and oxygen atoms in total. The van der Waals surface area contributed by atoms with E-state index in [1.165, 1.54) is 0 Å². The number of nitrogens with one attached hydrogen (secondary N) is 1. The number of piperazine rings is 1. The van der Waals surface area contributed by atoms with Crippen LogP contribution in [0, 0.1) is 18.9 Å². The van der Waals surface area contributed by atoms with Crippen LogP contribution in [-0.2, 0) is 4.74 Å². The number of aryl methyl sites for hydroxylation is 1. The van der Waals surface area contributed by atoms with E-state index in [9.17, 15) is 4.79 Å². The van der Waals surface area contributed by atoms with Gasteiger partial charge in [-0.25, -0.2) is 14.6 Å². The Bertz CT molecular complexity index is 999. The molecule has 3 fully saturated rings. The van der Waals surface area contributed by atoms with Gasteiger partial charge in [0.15, 0.2) is 10.8 Å². The number of amidine groups is 1. The van der Waals surface area contributed by atoms with Gasteiger partial charge in [-0.3, -0.25) is 15.3 Å². The highest BCUT2D eigenvalue weighted by Gasteiger charge is 2.58. The second-order valence-electron chi connectivity index (χ2n) is 9.67. The van der Waals surface area contributed by atoms with Gasteiger partial charge < -0.3 is 9.64 Å². The number of anilines is 1. The number of carbonyl (C=O) groups is 1. The van der Waals surface area contributed by atoms with Gasteiger partial charge in [-0.05, 0) is 76.9 Å². The first-order valence-corrected chi connectivity index (χ1v) is 11.4. The average molecular weight is 455 g/mol. The number of rotatable bonds is 2. The molecule has 1 saturated carbocycles. The Labute approximate surface area is 195 Å². The largest absolute Gasteiger partial charge is 0.444 e. The Hall–Kier alpha value is -2.70. The van der Waals surface area contributed by atoms with Crippen molar-refractivity contribution >= 4 is 40.6 Å². The van der Waals surface area contributed by atoms with Crippen molar-refractivity contribution in [1.29, 1.82) is 5.41 Å². The van der Waals surface area contributed by atoms with Crippen molar-refractivity contribution in [2.45, 2.75) is 58.1 Å². The summed E-state index contributed by atoms with van der Waals surface area (Å²) in [4.78, 5) is 19.6. The van der Waals surface area contributed by atoms with Crippen molar-refractivity contribution < 1.29 is 9.53 Å². The summed E-state index contributed by atoms with van der Waals surface area (Å²) in [5, 5.41) is 13.9. The molecule has 0 aromatic heterocycles. The maximum atomic E-state index is 12.5. The summed E-state index contributed by atoms with van der Waals surface area (Å²) >= 11 is 5.91. The quantitative estimate of drug-likeness (QED) is 0.530. The van der Waals surface area contributed by atoms with Crippen LogP contribution >= 0.6 is 12.2 Å². The summed E-state index contributed by atoms with van der Waals surface area (Å²) in [7, 11) is 0. The second kappa shape index (κ2) is 8.01. The molecule has 1 aliphatic carbocycles. The van der Waals surface area contributed by atoms with Crippen LogP contribution in [0.15, 0.2) is 18.2 Å². The van der Waals surface area contributed by atoms with Crippen LogP contribution in [0.2, 0.25) is 0 Å². The van der Waals surface area contributed by atoms with Crippen LogP contribution in [0.3, 0.4) is 0 Å². The van der Waals surface area contributed by atoms with E-state index in [4.69, 9.17) is 28.9 Å². The van der Waals surface area contributed by atoms with Crippen LogP contribution in [0.5, 0.6) is 0 Å². The highest BCUT2D eigenvalue weighted by Crippen LogP contribution is 2.47. The van der Waals surface area contributed by atoms with Gasteiger partial charge in [0.1, 0.15) is 17.0 Å². The fraction of sp³-hybridized carbons (Fsp3) is 0.565. The lowest BCUT2D eigenvalue weighted by Gasteiger charge is -2.50. The Morgan fingerprint density at radius 2 is 1.88 bits per heavy atom. The molecule has 2 saturated heterocycles. The minimum absolute atomic E-state index is 0.288. The molecule has 2 heterocycles. The topological polar surface area (TPSA) is 67.5 Å². The molecule has 1 aromatic rings. The van der Waals surface area contributed by atoms with E-state index in [1.807, 2.05) is 44.7 Å². The predicted octanol–water partition coefficient (Wildman–Crippen LogP) is 4.32. The van der Waals surface area contributed by atoms with Crippen LogP contribution in [0.4, 0.5) is 16.2 Å². The van der Waals surface area contributed by atoms with Crippen molar-refractivity contribution in [3.63, 3.8) is 0 Å². The zero-order chi connectivity index (χ0) is 23.3. The minimum Gasteiger partial charge on any atom is -0.444 e. The van der Waals surface area contributed by atoms with Crippen LogP contribution in [-0.4, -0.2) is 69.3 Å². The molecule has 9 heteroatoms. The number of carbonyl (C=O) groups excluding carboxylic acids is 1. The number of hydrazine groups is 1. The van der Waals surface area contributed by atoms with Crippen LogP contribution in [0.25, 0.3) is 4.85 Å². The van der Waals surface area contributed by atoms with Crippen molar-refractivity contribution in [2.75, 3.05) is 31.1 Å². The lowest BCUT2D eigenvalue weighted by Crippen LogP contribution is -2.64. The van der Waals surface area contributed by atoms with Crippen LogP contribution in [0.1, 0.15) is 45.6 Å². The predicted molar refractivity (Wildman–Crippen MR) is 128 cm³/mol. The number of nitrogens with zero attached hydrogens (tertiary/aromatic N) is 5. The van der Waals surface area contributed by atoms with Crippen molar-refractivity contribution in [2.24, 2.45) is 0 Å². The lowest BCUT2D eigenvalue weighted by molar-refractivity contribution is -0.0686. The maximum absolute atomic E-state index is 12.5. The normalized spacial score (nSPS) is 21.0. The molecule has 1 aromatic carbocycles. The van der Waals surface area contributed by atoms with Gasteiger partial charge in [0.25, 0.3) is 0 Å². The van der Waals surface area contributed by atoms with Gasteiger partial charge in [0.05, 0.1) is 6.57 Å². The zero-order valence-electron chi connectivity index (χ0n) is 19.1. The molecule has 170 valence electrons. The van der Waals surface area contributed by atoms with Gasteiger partial charge in [0.2, 0.25) is 0 Å². The summed E-state index contributed by atoms with van der Waals surface area (Å²) in [6.07, 6.45) is 2.54. The molecule has 1 N–H and O–H groups in total. The molecule has 3 aliphatic rings. The second-order valence-corrected chi connectivity index (χ2v) is 10.0. The standard InChI is InChI=1S/C23H30N6O2S/c1-16-15-17(7-8-18(16)25-5)28-19(24)23(9-6-10-23)29(20(28)32)27-13-11-26(12-14-27)21(30)31-22(2,3)4/h7-8,15,24H,6,9-14H2,1-4H3. The van der Waals surface area contributed by atoms with E-state index in [0.29, 0.717) is 42.8 Å². The minimum atomic E-state index is -0.517. The number of amides is 1. The molecule has 0 unspecified atom stereocenters. The summed E-state index contributed by atoms with van der Waals surface area (Å²) in [5.41, 5.74) is 1.37. The molecule has 0 atom stereocenters. The molecular formula is C23H30N6O2S. The molecule has 32 heavy (non-hydrogen) atoms. The smallest absolute Gasteiger partial charge is 0.410 e. The van der Waals surface area contributed by atoms with Gasteiger partial charge in [0, 0.05) is 31.9 Å². The van der Waals surface area contributed by atoms with Crippen molar-refractivity contribution in [3.8, 4) is 0 Å². The number of hydrogen-bond acceptors (Lipinski definition) is 5. The average Bonchev–Trinajstić information content (AvgIpc) is 2.93. The van der Waals surface area contributed by atoms with Crippen molar-refractivity contribution in [1.82, 2.24) is 14.9 Å². The molecular weight excluding hydrogens is 424 g/mol. The fourth-order valence-corrected chi connectivity index (χ4v) is 5.07. The first kappa shape index (κ1) is 22.5. The Morgan fingerprint density at radius 3 is 2.38 bits per heavy atom. The first-order chi connectivity index (χ1) is 15.1. The van der Waals surface area contributed by atoms with Crippen molar-refractivity contribution in [3.05, 3.63) is 35.2 Å². The van der Waals surface area contributed by atoms with Gasteiger partial charge in [-0.1, -0.05) is 6.07 Å². The van der Waals surface area contributed by atoms with Crippen LogP contribution < -0.4 is 4.90 Å². The highest BCUT2D eigenvalue weighted by atomic mass is 32.1. The fourth-order valence-electron chi connectivity index (χ4n) is 4.58. The zero-order valence-corrected chi connectivity index (χ0v) is 20.0. The maximum Gasteiger partial charge on any atom is 0.410 e. The summed E-state index contributed by atoms with van der Waals surface area (Å²) in [6, 6.07) is 5.60. The first-order valence-electron chi connectivity index (χ1n) is 11.0. The molecule has 0 radical (unpaired) electrons. The van der Waals surface area contributed by atoms with E-state index in [1.54, 1.807) is 11.0 Å². The van der Waals surface area contributed by atoms with E-state index in [2.05, 4.69) is 14.9 Å². The number of ether oxygens (including phenoxy) is 1. The highest BCUT2D eigenvalue weighted by molar-refractivity contribution is 7.80. The van der Waals surface area contributed by atoms with E-state index < -0.39 is 11.1 Å². The van der Waals surface area contributed by atoms with Gasteiger partial charge in [-0.15, -0.1) is 0 Å². The van der Waals surface area contributed by atoms with Gasteiger partial charge >= 0.3 is 6.09 Å². The number of hydrogen-bond donors (Lipinski definition) is 1. The molecule has 1 spiro atoms. The monoisotopic (exact) mass is 454 g/mol. The molecule has 1 amide bonds. The van der Waals surface area contributed by atoms with E-state index in [-0.39, 0.29) is 6.09 Å². The van der Waals surface area contributed by atoms with Gasteiger partial charge in [-0.2, -0.15) is 0 Å². The lowest BCUT2D eigenvalue weighted by atomic mass is 9.76. The third-order valence-electron chi connectivity index (χ3n) is 6.37. The molecule has 2 aliphatic heterocycles. The van der Waals surface area contributed by atoms with E-state index >= 15 is 0 Å². The van der Waals surface area contributed by atoms with E-state index in [0.717, 1.165) is 30.5 Å². The Kier molecular flexibility index (Phi) is 5.63. The molecule has 4 rings (SSSR count). The number of benzene rings is 1. The Balaban J connectivity index is 1.54. The third kappa shape index (κ3) is 3.71.